The molecule has 0 amide bonds. The summed E-state index contributed by atoms with van der Waals surface area (Å²) < 4.78 is 7.01. The quantitative estimate of drug-likeness (QED) is 0.914. The summed E-state index contributed by atoms with van der Waals surface area (Å²) in [5.74, 6) is 0.994. The second-order valence-electron chi connectivity index (χ2n) is 2.46. The van der Waals surface area contributed by atoms with E-state index in [1.165, 1.54) is 0 Å². The summed E-state index contributed by atoms with van der Waals surface area (Å²) in [5, 5.41) is 3.72. The standard InChI is InChI=1S/C7H5Br2N3OS/c8-4-1-3(6(9)14-4)7-11-5(2-10)12-13-7/h1H,2,10H2. The van der Waals surface area contributed by atoms with E-state index in [4.69, 9.17) is 10.3 Å². The number of aromatic nitrogens is 2. The first-order chi connectivity index (χ1) is 6.70. The Labute approximate surface area is 101 Å². The maximum absolute atomic E-state index is 5.38. The Bertz CT molecular complexity index is 453. The van der Waals surface area contributed by atoms with Crippen LogP contribution < -0.4 is 5.73 Å². The number of hydrogen-bond acceptors (Lipinski definition) is 5. The molecule has 0 bridgehead atoms. The highest BCUT2D eigenvalue weighted by atomic mass is 79.9. The van der Waals surface area contributed by atoms with Crippen molar-refractivity contribution in [2.24, 2.45) is 5.73 Å². The van der Waals surface area contributed by atoms with Crippen LogP contribution in [0.15, 0.2) is 18.2 Å². The van der Waals surface area contributed by atoms with Crippen LogP contribution >= 0.6 is 43.2 Å². The van der Waals surface area contributed by atoms with Gasteiger partial charge in [0, 0.05) is 0 Å². The van der Waals surface area contributed by atoms with Crippen LogP contribution in [-0.4, -0.2) is 10.1 Å². The molecule has 7 heteroatoms. The fourth-order valence-electron chi connectivity index (χ4n) is 0.932. The molecule has 2 aromatic heterocycles. The van der Waals surface area contributed by atoms with Crippen molar-refractivity contribution in [3.05, 3.63) is 19.5 Å². The van der Waals surface area contributed by atoms with E-state index >= 15 is 0 Å². The molecule has 2 aromatic rings. The molecule has 0 saturated heterocycles. The summed E-state index contributed by atoms with van der Waals surface area (Å²) in [7, 11) is 0. The Morgan fingerprint density at radius 2 is 2.29 bits per heavy atom. The fourth-order valence-corrected chi connectivity index (χ4v) is 3.71. The van der Waals surface area contributed by atoms with Crippen molar-refractivity contribution in [3.8, 4) is 11.5 Å². The monoisotopic (exact) mass is 337 g/mol. The van der Waals surface area contributed by atoms with E-state index in [9.17, 15) is 0 Å². The molecule has 2 heterocycles. The second kappa shape index (κ2) is 4.09. The molecule has 14 heavy (non-hydrogen) atoms. The number of halogens is 2. The van der Waals surface area contributed by atoms with Gasteiger partial charge in [-0.1, -0.05) is 5.16 Å². The molecule has 0 atom stereocenters. The molecule has 74 valence electrons. The van der Waals surface area contributed by atoms with E-state index in [0.29, 0.717) is 11.7 Å². The topological polar surface area (TPSA) is 64.9 Å². The van der Waals surface area contributed by atoms with Crippen molar-refractivity contribution in [1.29, 1.82) is 0 Å². The van der Waals surface area contributed by atoms with Gasteiger partial charge in [0.1, 0.15) is 0 Å². The van der Waals surface area contributed by atoms with Crippen LogP contribution in [0.3, 0.4) is 0 Å². The SMILES string of the molecule is NCc1noc(-c2cc(Br)sc2Br)n1. The zero-order valence-corrected chi connectivity index (χ0v) is 10.8. The fraction of sp³-hybridized carbons (Fsp3) is 0.143. The van der Waals surface area contributed by atoms with Crippen LogP contribution in [0, 0.1) is 0 Å². The second-order valence-corrected chi connectivity index (χ2v) is 6.21. The van der Waals surface area contributed by atoms with E-state index < -0.39 is 0 Å². The predicted molar refractivity (Wildman–Crippen MR) is 60.9 cm³/mol. The van der Waals surface area contributed by atoms with Crippen molar-refractivity contribution in [2.45, 2.75) is 6.54 Å². The zero-order valence-electron chi connectivity index (χ0n) is 6.83. The van der Waals surface area contributed by atoms with Crippen LogP contribution in [0.25, 0.3) is 11.5 Å². The normalized spacial score (nSPS) is 10.8. The molecule has 0 saturated carbocycles. The van der Waals surface area contributed by atoms with Gasteiger partial charge in [-0.05, 0) is 37.9 Å². The lowest BCUT2D eigenvalue weighted by Gasteiger charge is -1.86. The lowest BCUT2D eigenvalue weighted by molar-refractivity contribution is 0.423. The molecular formula is C7H5Br2N3OS. The third kappa shape index (κ3) is 1.90. The van der Waals surface area contributed by atoms with E-state index in [2.05, 4.69) is 42.0 Å². The largest absolute Gasteiger partial charge is 0.334 e. The van der Waals surface area contributed by atoms with E-state index in [-0.39, 0.29) is 6.54 Å². The van der Waals surface area contributed by atoms with Crippen molar-refractivity contribution in [2.75, 3.05) is 0 Å². The third-order valence-corrected chi connectivity index (χ3v) is 3.88. The molecule has 0 aromatic carbocycles. The third-order valence-electron chi connectivity index (χ3n) is 1.54. The predicted octanol–water partition coefficient (Wildman–Crippen LogP) is 2.78. The van der Waals surface area contributed by atoms with Crippen LogP contribution in [0.4, 0.5) is 0 Å². The number of nitrogens with zero attached hydrogens (tertiary/aromatic N) is 2. The summed E-state index contributed by atoms with van der Waals surface area (Å²) >= 11 is 8.35. The average Bonchev–Trinajstić information content (AvgIpc) is 2.71. The van der Waals surface area contributed by atoms with E-state index in [1.807, 2.05) is 6.07 Å². The summed E-state index contributed by atoms with van der Waals surface area (Å²) in [4.78, 5) is 4.13. The van der Waals surface area contributed by atoms with Crippen molar-refractivity contribution < 1.29 is 4.52 Å². The van der Waals surface area contributed by atoms with Gasteiger partial charge >= 0.3 is 0 Å². The molecule has 0 spiro atoms. The van der Waals surface area contributed by atoms with Crippen molar-refractivity contribution in [3.63, 3.8) is 0 Å². The Hall–Kier alpha value is -0.240. The number of thiophene rings is 1. The van der Waals surface area contributed by atoms with Crippen molar-refractivity contribution in [1.82, 2.24) is 10.1 Å². The highest BCUT2D eigenvalue weighted by Crippen LogP contribution is 2.37. The Kier molecular flexibility index (Phi) is 3.01. The molecule has 0 aliphatic heterocycles. The lowest BCUT2D eigenvalue weighted by atomic mass is 10.3. The van der Waals surface area contributed by atoms with E-state index in [1.54, 1.807) is 11.3 Å². The molecule has 0 unspecified atom stereocenters. The first kappa shape index (κ1) is 10.3. The maximum Gasteiger partial charge on any atom is 0.260 e. The molecule has 0 aliphatic rings. The van der Waals surface area contributed by atoms with Gasteiger partial charge in [0.2, 0.25) is 0 Å². The minimum atomic E-state index is 0.284. The van der Waals surface area contributed by atoms with Crippen molar-refractivity contribution >= 4 is 43.2 Å². The number of hydrogen-bond donors (Lipinski definition) is 1. The van der Waals surface area contributed by atoms with Gasteiger partial charge in [-0.2, -0.15) is 4.98 Å². The molecule has 0 radical (unpaired) electrons. The Balaban J connectivity index is 2.43. The number of rotatable bonds is 2. The molecule has 0 fully saturated rings. The molecular weight excluding hydrogens is 334 g/mol. The van der Waals surface area contributed by atoms with Gasteiger partial charge in [-0.3, -0.25) is 0 Å². The van der Waals surface area contributed by atoms with Crippen LogP contribution in [0.5, 0.6) is 0 Å². The van der Waals surface area contributed by atoms with Crippen LogP contribution in [0.2, 0.25) is 0 Å². The van der Waals surface area contributed by atoms with E-state index in [0.717, 1.165) is 13.1 Å². The highest BCUT2D eigenvalue weighted by Gasteiger charge is 2.14. The van der Waals surface area contributed by atoms with Crippen LogP contribution in [-0.2, 0) is 6.54 Å². The maximum atomic E-state index is 5.38. The first-order valence-electron chi connectivity index (χ1n) is 3.68. The van der Waals surface area contributed by atoms with Gasteiger partial charge < -0.3 is 10.3 Å². The van der Waals surface area contributed by atoms with Gasteiger partial charge in [-0.15, -0.1) is 11.3 Å². The minimum Gasteiger partial charge on any atom is -0.334 e. The molecule has 0 aliphatic carbocycles. The van der Waals surface area contributed by atoms with Gasteiger partial charge in [0.05, 0.1) is 19.7 Å². The lowest BCUT2D eigenvalue weighted by Crippen LogP contribution is -1.97. The smallest absolute Gasteiger partial charge is 0.260 e. The minimum absolute atomic E-state index is 0.284. The van der Waals surface area contributed by atoms with Gasteiger partial charge in [0.15, 0.2) is 5.82 Å². The summed E-state index contributed by atoms with van der Waals surface area (Å²) in [6, 6.07) is 1.92. The van der Waals surface area contributed by atoms with Gasteiger partial charge in [-0.25, -0.2) is 0 Å². The first-order valence-corrected chi connectivity index (χ1v) is 6.09. The summed E-state index contributed by atoms with van der Waals surface area (Å²) in [6.07, 6.45) is 0. The number of nitrogens with two attached hydrogens (primary N) is 1. The van der Waals surface area contributed by atoms with Crippen LogP contribution in [0.1, 0.15) is 5.82 Å². The highest BCUT2D eigenvalue weighted by molar-refractivity contribution is 9.12. The Morgan fingerprint density at radius 3 is 2.79 bits per heavy atom. The zero-order chi connectivity index (χ0) is 10.1. The Morgan fingerprint density at radius 1 is 1.50 bits per heavy atom. The summed E-state index contributed by atoms with van der Waals surface area (Å²) in [6.45, 7) is 0.284. The van der Waals surface area contributed by atoms with Gasteiger partial charge in [0.25, 0.3) is 5.89 Å². The molecule has 2 N–H and O–H groups in total. The summed E-state index contributed by atoms with van der Waals surface area (Å²) in [5.41, 5.74) is 6.26. The average molecular weight is 339 g/mol. The molecule has 2 rings (SSSR count). The molecule has 4 nitrogen and oxygen atoms in total.